The van der Waals surface area contributed by atoms with Gasteiger partial charge in [-0.1, -0.05) is 255 Å². The number of esters is 2. The molecular formula is C74H119NO8. The van der Waals surface area contributed by atoms with Crippen LogP contribution in [0.2, 0.25) is 0 Å². The smallest absolute Gasteiger partial charge is 0.306 e. The third-order valence-electron chi connectivity index (χ3n) is 13.3. The van der Waals surface area contributed by atoms with E-state index < -0.39 is 24.3 Å². The van der Waals surface area contributed by atoms with Crippen LogP contribution in [0.4, 0.5) is 0 Å². The molecule has 0 aliphatic rings. The highest BCUT2D eigenvalue weighted by Gasteiger charge is 2.22. The van der Waals surface area contributed by atoms with Gasteiger partial charge in [-0.05, 0) is 122 Å². The lowest BCUT2D eigenvalue weighted by atomic mass is 10.0. The summed E-state index contributed by atoms with van der Waals surface area (Å²) in [6.45, 7) is 4.48. The van der Waals surface area contributed by atoms with Gasteiger partial charge in [0.05, 0.1) is 40.3 Å². The largest absolute Gasteiger partial charge is 0.545 e. The molecule has 0 aromatic heterocycles. The number of aliphatic carboxylic acids is 1. The van der Waals surface area contributed by atoms with E-state index in [9.17, 15) is 19.5 Å². The molecule has 0 amide bonds. The molecule has 2 unspecified atom stereocenters. The van der Waals surface area contributed by atoms with Crippen LogP contribution < -0.4 is 5.11 Å². The second-order valence-electron chi connectivity index (χ2n) is 22.3. The molecule has 0 aromatic rings. The lowest BCUT2D eigenvalue weighted by Gasteiger charge is -2.26. The molecule has 83 heavy (non-hydrogen) atoms. The lowest BCUT2D eigenvalue weighted by Crippen LogP contribution is -2.44. The van der Waals surface area contributed by atoms with Gasteiger partial charge in [0.15, 0.2) is 12.4 Å². The molecule has 0 spiro atoms. The lowest BCUT2D eigenvalue weighted by molar-refractivity contribution is -0.870. The highest BCUT2D eigenvalue weighted by atomic mass is 16.7. The predicted octanol–water partition coefficient (Wildman–Crippen LogP) is 18.8. The van der Waals surface area contributed by atoms with Gasteiger partial charge < -0.3 is 33.3 Å². The monoisotopic (exact) mass is 1150 g/mol. The van der Waals surface area contributed by atoms with Crippen LogP contribution in [0.25, 0.3) is 0 Å². The number of carboxylic acids is 1. The first-order valence-electron chi connectivity index (χ1n) is 32.6. The van der Waals surface area contributed by atoms with Crippen molar-refractivity contribution in [3.05, 3.63) is 158 Å². The van der Waals surface area contributed by atoms with Crippen LogP contribution in [0.3, 0.4) is 0 Å². The molecule has 468 valence electrons. The fourth-order valence-corrected chi connectivity index (χ4v) is 8.34. The normalized spacial score (nSPS) is 13.8. The molecule has 0 rings (SSSR count). The van der Waals surface area contributed by atoms with E-state index in [1.165, 1.54) is 57.8 Å². The van der Waals surface area contributed by atoms with Crippen molar-refractivity contribution >= 4 is 17.9 Å². The number of carbonyl (C=O) groups is 3. The molecule has 9 nitrogen and oxygen atoms in total. The van der Waals surface area contributed by atoms with E-state index in [1.807, 2.05) is 21.1 Å². The summed E-state index contributed by atoms with van der Waals surface area (Å²) in [5, 5.41) is 11.8. The van der Waals surface area contributed by atoms with Crippen molar-refractivity contribution in [3.63, 3.8) is 0 Å². The highest BCUT2D eigenvalue weighted by Crippen LogP contribution is 2.15. The maximum atomic E-state index is 12.9. The van der Waals surface area contributed by atoms with E-state index in [-0.39, 0.29) is 38.6 Å². The average Bonchev–Trinajstić information content (AvgIpc) is 3.46. The zero-order chi connectivity index (χ0) is 60.5. The number of carboxylic acid groups (broad SMARTS) is 1. The molecule has 0 saturated carbocycles. The standard InChI is InChI=1S/C74H119NO8/c1-6-8-10-12-14-16-18-20-22-24-26-28-30-32-34-35-36-37-39-40-42-44-46-48-50-52-54-56-58-60-62-64-71(76)81-68-70(69-82-74(73(78)79)80-67-66-75(3,4)5)83-72(77)65-63-61-59-57-55-53-51-49-47-45-43-41-38-33-31-29-27-25-23-21-19-17-15-13-11-9-7-2/h8-11,14-17,20-23,26-29,32-34,36-38,43,45,49,51,70,74H,6-7,12-13,18-19,24-25,30-31,35,39-42,44,46-48,50,52-69H2,1-5H3/b10-8-,11-9-,16-14-,17-15-,22-20-,23-21-,28-26-,29-27-,34-32-,37-36-,38-33-,45-43-,51-49-. The van der Waals surface area contributed by atoms with Crippen LogP contribution in [0.15, 0.2) is 158 Å². The van der Waals surface area contributed by atoms with Gasteiger partial charge in [-0.15, -0.1) is 0 Å². The summed E-state index contributed by atoms with van der Waals surface area (Å²) in [5.41, 5.74) is 0. The van der Waals surface area contributed by atoms with Crippen molar-refractivity contribution in [2.24, 2.45) is 0 Å². The molecule has 0 N–H and O–H groups in total. The van der Waals surface area contributed by atoms with Crippen LogP contribution in [0.5, 0.6) is 0 Å². The molecule has 0 heterocycles. The van der Waals surface area contributed by atoms with Crippen LogP contribution in [0.1, 0.15) is 232 Å². The number of carbonyl (C=O) groups excluding carboxylic acids is 3. The summed E-state index contributed by atoms with van der Waals surface area (Å²) in [4.78, 5) is 37.4. The van der Waals surface area contributed by atoms with Gasteiger partial charge in [0.1, 0.15) is 13.2 Å². The number of hydrogen-bond acceptors (Lipinski definition) is 8. The topological polar surface area (TPSA) is 111 Å². The third kappa shape index (κ3) is 64.3. The van der Waals surface area contributed by atoms with Crippen LogP contribution in [0, 0.1) is 0 Å². The van der Waals surface area contributed by atoms with Crippen molar-refractivity contribution in [1.82, 2.24) is 0 Å². The molecule has 0 aliphatic carbocycles. The quantitative estimate of drug-likeness (QED) is 0.0195. The molecule has 0 bridgehead atoms. The highest BCUT2D eigenvalue weighted by molar-refractivity contribution is 5.70. The van der Waals surface area contributed by atoms with Crippen molar-refractivity contribution in [2.45, 2.75) is 245 Å². The Labute approximate surface area is 508 Å². The third-order valence-corrected chi connectivity index (χ3v) is 13.3. The van der Waals surface area contributed by atoms with Gasteiger partial charge in [0, 0.05) is 12.8 Å². The number of hydrogen-bond donors (Lipinski definition) is 0. The second-order valence-corrected chi connectivity index (χ2v) is 22.3. The number of nitrogens with zero attached hydrogens (tertiary/aromatic N) is 1. The Balaban J connectivity index is 4.26. The Kier molecular flexibility index (Phi) is 59.1. The van der Waals surface area contributed by atoms with Crippen molar-refractivity contribution in [2.75, 3.05) is 47.5 Å². The fraction of sp³-hybridized carbons (Fsp3) is 0.608. The summed E-state index contributed by atoms with van der Waals surface area (Å²) in [7, 11) is 5.91. The van der Waals surface area contributed by atoms with Gasteiger partial charge in [0.25, 0.3) is 0 Å². The SMILES string of the molecule is CC/C=C\C/C=C\C/C=C\C/C=C\C/C=C\C/C=C\C/C=C\CCCCCCCC(=O)OC(COC(=O)CCCCCCCCCCCCCC/C=C\C/C=C\C/C=C\C/C=C\C/C=C\C/C=C\CC)COC(OCC[N+](C)(C)C)C(=O)[O-]. The van der Waals surface area contributed by atoms with E-state index in [1.54, 1.807) is 0 Å². The van der Waals surface area contributed by atoms with Crippen LogP contribution >= 0.6 is 0 Å². The maximum Gasteiger partial charge on any atom is 0.306 e. The molecule has 0 aromatic carbocycles. The maximum absolute atomic E-state index is 12.9. The van der Waals surface area contributed by atoms with Crippen molar-refractivity contribution in [1.29, 1.82) is 0 Å². The van der Waals surface area contributed by atoms with Crippen molar-refractivity contribution < 1.29 is 42.9 Å². The van der Waals surface area contributed by atoms with E-state index >= 15 is 0 Å². The van der Waals surface area contributed by atoms with Gasteiger partial charge in [-0.25, -0.2) is 0 Å². The predicted molar refractivity (Wildman–Crippen MR) is 352 cm³/mol. The fourth-order valence-electron chi connectivity index (χ4n) is 8.34. The number of quaternary nitrogens is 1. The Morgan fingerprint density at radius 2 is 0.651 bits per heavy atom. The minimum Gasteiger partial charge on any atom is -0.545 e. The summed E-state index contributed by atoms with van der Waals surface area (Å²) in [6, 6.07) is 0. The molecule has 0 radical (unpaired) electrons. The Morgan fingerprint density at radius 3 is 0.964 bits per heavy atom. The van der Waals surface area contributed by atoms with Crippen LogP contribution in [-0.2, 0) is 33.3 Å². The minimum atomic E-state index is -1.64. The first-order valence-corrected chi connectivity index (χ1v) is 32.6. The number of allylic oxidation sites excluding steroid dienone is 26. The molecule has 0 saturated heterocycles. The number of unbranched alkanes of at least 4 members (excludes halogenated alkanes) is 17. The van der Waals surface area contributed by atoms with E-state index in [0.29, 0.717) is 17.4 Å². The molecule has 9 heteroatoms. The Morgan fingerprint density at radius 1 is 0.361 bits per heavy atom. The summed E-state index contributed by atoms with van der Waals surface area (Å²) >= 11 is 0. The Bertz CT molecular complexity index is 1920. The van der Waals surface area contributed by atoms with E-state index in [4.69, 9.17) is 18.9 Å². The van der Waals surface area contributed by atoms with E-state index in [2.05, 4.69) is 172 Å². The van der Waals surface area contributed by atoms with Gasteiger partial charge >= 0.3 is 11.9 Å². The van der Waals surface area contributed by atoms with Crippen molar-refractivity contribution in [3.8, 4) is 0 Å². The molecular weight excluding hydrogens is 1030 g/mol. The molecule has 0 fully saturated rings. The summed E-state index contributed by atoms with van der Waals surface area (Å²) in [5.74, 6) is -2.33. The minimum absolute atomic E-state index is 0.134. The molecule has 0 aliphatic heterocycles. The second kappa shape index (κ2) is 62.9. The number of ether oxygens (including phenoxy) is 4. The zero-order valence-corrected chi connectivity index (χ0v) is 53.2. The zero-order valence-electron chi connectivity index (χ0n) is 53.2. The van der Waals surface area contributed by atoms with Gasteiger partial charge in [-0.2, -0.15) is 0 Å². The van der Waals surface area contributed by atoms with Gasteiger partial charge in [0.2, 0.25) is 0 Å². The van der Waals surface area contributed by atoms with Gasteiger partial charge in [-0.3, -0.25) is 9.59 Å². The molecule has 2 atom stereocenters. The number of likely N-dealkylation sites (N-methyl/N-ethyl adjacent to an activating group) is 1. The first kappa shape index (κ1) is 77.9. The van der Waals surface area contributed by atoms with E-state index in [0.717, 1.165) is 141 Å². The average molecular weight is 1150 g/mol. The van der Waals surface area contributed by atoms with Crippen LogP contribution in [-0.4, -0.2) is 82.3 Å². The number of rotatable bonds is 58. The Hall–Kier alpha value is -5.09. The first-order chi connectivity index (χ1) is 40.6. The summed E-state index contributed by atoms with van der Waals surface area (Å²) < 4.78 is 22.7. The summed E-state index contributed by atoms with van der Waals surface area (Å²) in [6.07, 6.45) is 90.1.